The van der Waals surface area contributed by atoms with Crippen molar-refractivity contribution in [3.63, 3.8) is 0 Å². The molecular weight excluding hydrogens is 164 g/mol. The number of rotatable bonds is 4. The van der Waals surface area contributed by atoms with Gasteiger partial charge >= 0.3 is 0 Å². The third kappa shape index (κ3) is 2.90. The zero-order valence-electron chi connectivity index (χ0n) is 7.84. The molecule has 0 nitrogen and oxygen atoms in total. The van der Waals surface area contributed by atoms with Crippen molar-refractivity contribution in [2.24, 2.45) is 0 Å². The van der Waals surface area contributed by atoms with Crippen molar-refractivity contribution in [3.8, 4) is 0 Å². The van der Waals surface area contributed by atoms with Gasteiger partial charge in [0.2, 0.25) is 0 Å². The molecule has 0 aliphatic heterocycles. The summed E-state index contributed by atoms with van der Waals surface area (Å²) in [5.41, 5.74) is 2.92. The van der Waals surface area contributed by atoms with Crippen molar-refractivity contribution in [1.29, 1.82) is 0 Å². The summed E-state index contributed by atoms with van der Waals surface area (Å²) in [6.07, 6.45) is 1.21. The summed E-state index contributed by atoms with van der Waals surface area (Å²) >= 11 is 2.01. The summed E-state index contributed by atoms with van der Waals surface area (Å²) in [6.45, 7) is 4.40. The molecule has 0 bridgehead atoms. The third-order valence-corrected chi connectivity index (χ3v) is 2.88. The van der Waals surface area contributed by atoms with Crippen LogP contribution in [0.3, 0.4) is 0 Å². The summed E-state index contributed by atoms with van der Waals surface area (Å²) in [4.78, 5) is 0. The summed E-state index contributed by atoms with van der Waals surface area (Å²) in [5.74, 6) is 2.48. The van der Waals surface area contributed by atoms with Crippen LogP contribution in [0.25, 0.3) is 0 Å². The molecule has 0 N–H and O–H groups in total. The predicted octanol–water partition coefficient (Wildman–Crippen LogP) is 3.29. The number of hydrogen-bond acceptors (Lipinski definition) is 1. The first-order chi connectivity index (χ1) is 5.84. The molecule has 0 aliphatic carbocycles. The van der Waals surface area contributed by atoms with Crippen LogP contribution in [0.2, 0.25) is 0 Å². The van der Waals surface area contributed by atoms with E-state index in [1.54, 1.807) is 0 Å². The molecule has 0 saturated carbocycles. The highest BCUT2D eigenvalue weighted by atomic mass is 32.2. The second-order valence-electron chi connectivity index (χ2n) is 2.87. The molecule has 0 spiro atoms. The number of hydrogen-bond donors (Lipinski definition) is 0. The van der Waals surface area contributed by atoms with E-state index in [0.29, 0.717) is 0 Å². The van der Waals surface area contributed by atoms with Crippen LogP contribution in [0.1, 0.15) is 18.1 Å². The largest absolute Gasteiger partial charge is 0.162 e. The van der Waals surface area contributed by atoms with Crippen LogP contribution in [0.15, 0.2) is 24.3 Å². The fraction of sp³-hybridized carbons (Fsp3) is 0.455. The van der Waals surface area contributed by atoms with Crippen molar-refractivity contribution in [1.82, 2.24) is 0 Å². The maximum Gasteiger partial charge on any atom is -0.00270 e. The van der Waals surface area contributed by atoms with E-state index in [4.69, 9.17) is 0 Å². The van der Waals surface area contributed by atoms with Gasteiger partial charge < -0.3 is 0 Å². The molecule has 1 aromatic carbocycles. The zero-order chi connectivity index (χ0) is 8.81. The lowest BCUT2D eigenvalue weighted by Gasteiger charge is -2.03. The van der Waals surface area contributed by atoms with Gasteiger partial charge in [-0.15, -0.1) is 0 Å². The quantitative estimate of drug-likeness (QED) is 0.641. The lowest BCUT2D eigenvalue weighted by Crippen LogP contribution is -1.91. The number of thioether (sulfide) groups is 1. The van der Waals surface area contributed by atoms with Crippen LogP contribution in [0.4, 0.5) is 0 Å². The fourth-order valence-corrected chi connectivity index (χ4v) is 1.87. The highest BCUT2D eigenvalue weighted by Crippen LogP contribution is 2.10. The van der Waals surface area contributed by atoms with Gasteiger partial charge in [-0.05, 0) is 36.0 Å². The summed E-state index contributed by atoms with van der Waals surface area (Å²) < 4.78 is 0. The third-order valence-electron chi connectivity index (χ3n) is 1.98. The van der Waals surface area contributed by atoms with E-state index in [-0.39, 0.29) is 0 Å². The van der Waals surface area contributed by atoms with Crippen molar-refractivity contribution in [2.75, 3.05) is 11.5 Å². The molecule has 12 heavy (non-hydrogen) atoms. The van der Waals surface area contributed by atoms with Crippen LogP contribution in [-0.2, 0) is 6.42 Å². The average Bonchev–Trinajstić information content (AvgIpc) is 2.09. The van der Waals surface area contributed by atoms with Gasteiger partial charge in [-0.3, -0.25) is 0 Å². The van der Waals surface area contributed by atoms with E-state index in [1.165, 1.54) is 29.1 Å². The second kappa shape index (κ2) is 5.26. The topological polar surface area (TPSA) is 0 Å². The smallest absolute Gasteiger partial charge is 0.00270 e. The maximum absolute atomic E-state index is 2.23. The first-order valence-corrected chi connectivity index (χ1v) is 5.62. The monoisotopic (exact) mass is 180 g/mol. The fourth-order valence-electron chi connectivity index (χ4n) is 1.22. The highest BCUT2D eigenvalue weighted by molar-refractivity contribution is 7.99. The van der Waals surface area contributed by atoms with Crippen LogP contribution < -0.4 is 0 Å². The van der Waals surface area contributed by atoms with Gasteiger partial charge in [0.1, 0.15) is 0 Å². The molecule has 0 aromatic heterocycles. The average molecular weight is 180 g/mol. The first kappa shape index (κ1) is 9.66. The molecular formula is C11H16S. The van der Waals surface area contributed by atoms with Gasteiger partial charge in [-0.25, -0.2) is 0 Å². The van der Waals surface area contributed by atoms with E-state index in [0.717, 1.165) is 0 Å². The summed E-state index contributed by atoms with van der Waals surface area (Å²) in [5, 5.41) is 0. The minimum Gasteiger partial charge on any atom is -0.162 e. The molecule has 0 heterocycles. The highest BCUT2D eigenvalue weighted by Gasteiger charge is 1.95. The number of benzene rings is 1. The Bertz CT molecular complexity index is 230. The SMILES string of the molecule is CCSCCc1ccccc1C. The normalized spacial score (nSPS) is 10.2. The first-order valence-electron chi connectivity index (χ1n) is 4.47. The van der Waals surface area contributed by atoms with E-state index < -0.39 is 0 Å². The maximum atomic E-state index is 2.23. The molecule has 66 valence electrons. The molecule has 1 heteroatoms. The molecule has 0 saturated heterocycles. The van der Waals surface area contributed by atoms with E-state index >= 15 is 0 Å². The Balaban J connectivity index is 2.46. The standard InChI is InChI=1S/C11H16S/c1-3-12-9-8-11-7-5-4-6-10(11)2/h4-7H,3,8-9H2,1-2H3. The molecule has 0 radical (unpaired) electrons. The lowest BCUT2D eigenvalue weighted by molar-refractivity contribution is 1.12. The van der Waals surface area contributed by atoms with E-state index in [2.05, 4.69) is 38.1 Å². The molecule has 0 unspecified atom stereocenters. The second-order valence-corrected chi connectivity index (χ2v) is 4.27. The minimum absolute atomic E-state index is 1.21. The molecule has 0 aliphatic rings. The predicted molar refractivity (Wildman–Crippen MR) is 57.9 cm³/mol. The Labute approximate surface area is 79.4 Å². The van der Waals surface area contributed by atoms with Gasteiger partial charge in [0, 0.05) is 0 Å². The number of aryl methyl sites for hydroxylation is 2. The molecule has 1 aromatic rings. The van der Waals surface area contributed by atoms with Crippen molar-refractivity contribution >= 4 is 11.8 Å². The van der Waals surface area contributed by atoms with E-state index in [9.17, 15) is 0 Å². The van der Waals surface area contributed by atoms with Gasteiger partial charge in [0.25, 0.3) is 0 Å². The Morgan fingerprint density at radius 3 is 2.67 bits per heavy atom. The van der Waals surface area contributed by atoms with Gasteiger partial charge in [0.05, 0.1) is 0 Å². The molecule has 1 rings (SSSR count). The Hall–Kier alpha value is -0.430. The Morgan fingerprint density at radius 2 is 2.00 bits per heavy atom. The molecule has 0 fully saturated rings. The Morgan fingerprint density at radius 1 is 1.25 bits per heavy atom. The zero-order valence-corrected chi connectivity index (χ0v) is 8.66. The van der Waals surface area contributed by atoms with Crippen molar-refractivity contribution in [3.05, 3.63) is 35.4 Å². The van der Waals surface area contributed by atoms with Crippen LogP contribution in [0.5, 0.6) is 0 Å². The van der Waals surface area contributed by atoms with E-state index in [1.807, 2.05) is 11.8 Å². The van der Waals surface area contributed by atoms with Crippen molar-refractivity contribution < 1.29 is 0 Å². The molecule has 0 amide bonds. The van der Waals surface area contributed by atoms with Crippen LogP contribution in [-0.4, -0.2) is 11.5 Å². The molecule has 0 atom stereocenters. The Kier molecular flexibility index (Phi) is 4.23. The van der Waals surface area contributed by atoms with Crippen molar-refractivity contribution in [2.45, 2.75) is 20.3 Å². The van der Waals surface area contributed by atoms with Crippen LogP contribution in [0, 0.1) is 6.92 Å². The van der Waals surface area contributed by atoms with Gasteiger partial charge in [-0.1, -0.05) is 31.2 Å². The minimum atomic E-state index is 1.21. The summed E-state index contributed by atoms with van der Waals surface area (Å²) in [6, 6.07) is 8.64. The summed E-state index contributed by atoms with van der Waals surface area (Å²) in [7, 11) is 0. The van der Waals surface area contributed by atoms with Gasteiger partial charge in [0.15, 0.2) is 0 Å². The van der Waals surface area contributed by atoms with Crippen LogP contribution >= 0.6 is 11.8 Å². The van der Waals surface area contributed by atoms with Gasteiger partial charge in [-0.2, -0.15) is 11.8 Å². The lowest BCUT2D eigenvalue weighted by atomic mass is 10.1.